The van der Waals surface area contributed by atoms with Crippen molar-refractivity contribution < 1.29 is 27.9 Å². The Hall–Kier alpha value is -4.94. The van der Waals surface area contributed by atoms with Gasteiger partial charge in [-0.25, -0.2) is 14.4 Å². The van der Waals surface area contributed by atoms with E-state index in [9.17, 15) is 14.0 Å². The Bertz CT molecular complexity index is 1890. The van der Waals surface area contributed by atoms with Crippen LogP contribution in [-0.2, 0) is 10.3 Å². The second kappa shape index (κ2) is 12.2. The van der Waals surface area contributed by atoms with Gasteiger partial charge >= 0.3 is 0 Å². The third-order valence-electron chi connectivity index (χ3n) is 7.74. The summed E-state index contributed by atoms with van der Waals surface area (Å²) in [5.74, 6) is -0.0232. The molecule has 1 aliphatic heterocycles. The Morgan fingerprint density at radius 1 is 1.04 bits per heavy atom. The minimum absolute atomic E-state index is 0.232. The number of benzene rings is 3. The lowest BCUT2D eigenvalue weighted by molar-refractivity contribution is -0.0778. The van der Waals surface area contributed by atoms with E-state index in [1.165, 1.54) is 26.3 Å². The smallest absolute Gasteiger partial charge is 0.256 e. The second-order valence-corrected chi connectivity index (χ2v) is 11.0. The highest BCUT2D eigenvalue weighted by molar-refractivity contribution is 7.81. The molecule has 5 aromatic rings. The fraction of sp³-hybridized carbons (Fsp3) is 0.212. The maximum Gasteiger partial charge on any atom is 0.256 e. The van der Waals surface area contributed by atoms with Crippen molar-refractivity contribution >= 4 is 41.3 Å². The van der Waals surface area contributed by atoms with Crippen molar-refractivity contribution in [1.82, 2.24) is 20.6 Å². The van der Waals surface area contributed by atoms with E-state index < -0.39 is 17.3 Å². The van der Waals surface area contributed by atoms with Crippen LogP contribution in [0.15, 0.2) is 77.5 Å². The first kappa shape index (κ1) is 30.1. The normalized spacial score (nSPS) is 13.6. The lowest BCUT2D eigenvalue weighted by Gasteiger charge is -2.40. The van der Waals surface area contributed by atoms with Gasteiger partial charge in [0.05, 0.1) is 37.1 Å². The lowest BCUT2D eigenvalue weighted by Crippen LogP contribution is -2.60. The molecule has 2 amide bonds. The Balaban J connectivity index is 1.49. The summed E-state index contributed by atoms with van der Waals surface area (Å²) in [6.45, 7) is 2.95. The molecule has 0 aliphatic carbocycles. The zero-order valence-electron chi connectivity index (χ0n) is 24.8. The van der Waals surface area contributed by atoms with E-state index in [0.717, 1.165) is 0 Å². The number of anilines is 1. The summed E-state index contributed by atoms with van der Waals surface area (Å²) in [5.41, 5.74) is 2.77. The first-order valence-electron chi connectivity index (χ1n) is 14.2. The van der Waals surface area contributed by atoms with Gasteiger partial charge in [0.25, 0.3) is 11.8 Å². The maximum atomic E-state index is 13.8. The summed E-state index contributed by atoms with van der Waals surface area (Å²) in [4.78, 5) is 35.7. The van der Waals surface area contributed by atoms with Crippen molar-refractivity contribution in [2.24, 2.45) is 0 Å². The summed E-state index contributed by atoms with van der Waals surface area (Å²) in [7, 11) is 3.03. The van der Waals surface area contributed by atoms with Gasteiger partial charge in [-0.3, -0.25) is 9.59 Å². The fourth-order valence-corrected chi connectivity index (χ4v) is 5.51. The van der Waals surface area contributed by atoms with Crippen LogP contribution in [0.3, 0.4) is 0 Å². The first-order valence-corrected chi connectivity index (χ1v) is 14.6. The van der Waals surface area contributed by atoms with E-state index in [2.05, 4.69) is 20.6 Å². The van der Waals surface area contributed by atoms with Gasteiger partial charge in [0.1, 0.15) is 28.4 Å². The molecule has 0 spiro atoms. The van der Waals surface area contributed by atoms with Crippen LogP contribution in [0.1, 0.15) is 33.5 Å². The number of carbonyl (C=O) groups excluding carboxylic acids is 2. The molecule has 0 saturated carbocycles. The van der Waals surface area contributed by atoms with E-state index in [0.29, 0.717) is 62.8 Å². The molecule has 3 heterocycles. The number of nitrogens with one attached hydrogen (secondary N) is 2. The highest BCUT2D eigenvalue weighted by Gasteiger charge is 2.45. The van der Waals surface area contributed by atoms with Crippen molar-refractivity contribution in [1.29, 1.82) is 0 Å². The van der Waals surface area contributed by atoms with E-state index in [-0.39, 0.29) is 24.7 Å². The molecule has 10 nitrogen and oxygen atoms in total. The number of ether oxygens (including phenoxy) is 2. The average molecular weight is 628 g/mol. The van der Waals surface area contributed by atoms with E-state index >= 15 is 0 Å². The minimum atomic E-state index is -0.872. The highest BCUT2D eigenvalue weighted by Crippen LogP contribution is 2.42. The van der Waals surface area contributed by atoms with E-state index in [1.54, 1.807) is 53.1 Å². The van der Waals surface area contributed by atoms with Crippen LogP contribution < -0.4 is 19.7 Å². The number of halogens is 1. The van der Waals surface area contributed by atoms with Gasteiger partial charge in [0.2, 0.25) is 0 Å². The van der Waals surface area contributed by atoms with Crippen LogP contribution >= 0.6 is 12.8 Å². The number of fused-ring (bicyclic) bond motifs is 1. The standard InChI is InChI=1S/C33H30FN5O5S/c1-4-39(45)25-16-27-23(28(31(41)35-2)29(44-27)19-6-9-21(34)10-7-19)15-22(25)20-8-11-26(42-3)24(14-20)30(40)38-33(17-43-18-33)32-36-12-5-13-37-32/h5-16,45H,4,17-18H2,1-3H3,(H,35,41)(H,38,40). The number of carbonyl (C=O) groups is 2. The Morgan fingerprint density at radius 3 is 2.38 bits per heavy atom. The number of rotatable bonds is 9. The predicted octanol–water partition coefficient (Wildman–Crippen LogP) is 5.39. The topological polar surface area (TPSA) is 119 Å². The molecule has 0 unspecified atom stereocenters. The summed E-state index contributed by atoms with van der Waals surface area (Å²) in [6, 6.07) is 16.4. The van der Waals surface area contributed by atoms with Gasteiger partial charge in [0, 0.05) is 48.6 Å². The molecule has 1 aliphatic rings. The minimum Gasteiger partial charge on any atom is -0.496 e. The number of methoxy groups -OCH3 is 1. The molecule has 12 heteroatoms. The molecule has 0 bridgehead atoms. The maximum absolute atomic E-state index is 13.8. The zero-order chi connectivity index (χ0) is 31.7. The molecule has 0 radical (unpaired) electrons. The molecule has 230 valence electrons. The number of furan rings is 1. The highest BCUT2D eigenvalue weighted by atomic mass is 32.1. The van der Waals surface area contributed by atoms with Crippen LogP contribution in [0.2, 0.25) is 0 Å². The zero-order valence-corrected chi connectivity index (χ0v) is 25.7. The van der Waals surface area contributed by atoms with Gasteiger partial charge in [-0.1, -0.05) is 18.9 Å². The summed E-state index contributed by atoms with van der Waals surface area (Å²) < 4.78 is 32.7. The largest absolute Gasteiger partial charge is 0.496 e. The number of aromatic nitrogens is 2. The van der Waals surface area contributed by atoms with E-state index in [4.69, 9.17) is 26.7 Å². The van der Waals surface area contributed by atoms with Gasteiger partial charge < -0.3 is 28.8 Å². The number of nitrogens with zero attached hydrogens (tertiary/aromatic N) is 3. The van der Waals surface area contributed by atoms with Crippen molar-refractivity contribution in [2.75, 3.05) is 38.2 Å². The molecule has 1 saturated heterocycles. The molecule has 1 fully saturated rings. The molecule has 45 heavy (non-hydrogen) atoms. The van der Waals surface area contributed by atoms with Crippen molar-refractivity contribution in [3.05, 3.63) is 95.8 Å². The molecule has 6 rings (SSSR count). The fourth-order valence-electron chi connectivity index (χ4n) is 5.35. The van der Waals surface area contributed by atoms with Gasteiger partial charge in [-0.05, 0) is 61.0 Å². The number of thiol groups is 1. The van der Waals surface area contributed by atoms with Gasteiger partial charge in [0.15, 0.2) is 5.82 Å². The molecule has 2 N–H and O–H groups in total. The summed E-state index contributed by atoms with van der Waals surface area (Å²) in [5, 5.41) is 6.29. The molecule has 3 aromatic carbocycles. The van der Waals surface area contributed by atoms with Crippen LogP contribution in [0.25, 0.3) is 33.4 Å². The Kier molecular flexibility index (Phi) is 8.17. The van der Waals surface area contributed by atoms with E-state index in [1.807, 2.05) is 19.1 Å². The second-order valence-electron chi connectivity index (χ2n) is 10.5. The molecular weight excluding hydrogens is 597 g/mol. The first-order chi connectivity index (χ1) is 21.8. The van der Waals surface area contributed by atoms with Crippen molar-refractivity contribution in [2.45, 2.75) is 12.5 Å². The summed E-state index contributed by atoms with van der Waals surface area (Å²) >= 11 is 4.70. The third kappa shape index (κ3) is 5.47. The summed E-state index contributed by atoms with van der Waals surface area (Å²) in [6.07, 6.45) is 3.24. The monoisotopic (exact) mass is 627 g/mol. The van der Waals surface area contributed by atoms with Crippen LogP contribution in [-0.4, -0.2) is 55.7 Å². The van der Waals surface area contributed by atoms with Gasteiger partial charge in [-0.15, -0.1) is 0 Å². The number of hydrogen-bond acceptors (Lipinski definition) is 9. The number of amides is 2. The van der Waals surface area contributed by atoms with Crippen molar-refractivity contribution in [3.63, 3.8) is 0 Å². The predicted molar refractivity (Wildman–Crippen MR) is 171 cm³/mol. The van der Waals surface area contributed by atoms with Crippen molar-refractivity contribution in [3.8, 4) is 28.2 Å². The third-order valence-corrected chi connectivity index (χ3v) is 8.24. The van der Waals surface area contributed by atoms with Crippen LogP contribution in [0.5, 0.6) is 5.75 Å². The molecule has 2 aromatic heterocycles. The quantitative estimate of drug-likeness (QED) is 0.186. The lowest BCUT2D eigenvalue weighted by atomic mass is 9.94. The molecular formula is C33H30FN5O5S. The SMILES string of the molecule is CCN(S)c1cc2oc(-c3ccc(F)cc3)c(C(=O)NC)c2cc1-c1ccc(OC)c(C(=O)NC2(c3ncccn3)COC2)c1. The Labute approximate surface area is 264 Å². The van der Waals surface area contributed by atoms with Crippen LogP contribution in [0.4, 0.5) is 10.1 Å². The van der Waals surface area contributed by atoms with Crippen LogP contribution in [0, 0.1) is 5.82 Å². The van der Waals surface area contributed by atoms with Gasteiger partial charge in [-0.2, -0.15) is 0 Å². The Morgan fingerprint density at radius 2 is 1.76 bits per heavy atom. The molecule has 0 atom stereocenters. The number of hydrogen-bond donors (Lipinski definition) is 3. The average Bonchev–Trinajstić information content (AvgIpc) is 3.43.